The van der Waals surface area contributed by atoms with Crippen LogP contribution in [0.4, 0.5) is 0 Å². The van der Waals surface area contributed by atoms with Gasteiger partial charge in [-0.05, 0) is 58.4 Å². The lowest BCUT2D eigenvalue weighted by molar-refractivity contribution is 0.260. The third kappa shape index (κ3) is 2.83. The molecule has 32 heavy (non-hydrogen) atoms. The Labute approximate surface area is 189 Å². The molecule has 0 radical (unpaired) electrons. The standard InChI is InChI=1S/C30H26O2/c1-20-16-23(17-21(2)29(20)32-19-24-18-31-24)30(22-10-4-3-5-11-22)27-14-8-6-12-25(27)26-13-7-9-15-28(26)30/h3-17,24H,18-19H2,1-2H3. The molecule has 4 aromatic rings. The van der Waals surface area contributed by atoms with E-state index in [1.54, 1.807) is 0 Å². The van der Waals surface area contributed by atoms with E-state index in [0.29, 0.717) is 6.61 Å². The van der Waals surface area contributed by atoms with Crippen LogP contribution in [0.15, 0.2) is 91.0 Å². The Morgan fingerprint density at radius 2 is 1.28 bits per heavy atom. The van der Waals surface area contributed by atoms with E-state index < -0.39 is 0 Å². The molecular formula is C30H26O2. The molecule has 0 aromatic heterocycles. The second-order valence-corrected chi connectivity index (χ2v) is 8.91. The summed E-state index contributed by atoms with van der Waals surface area (Å²) in [4.78, 5) is 0. The van der Waals surface area contributed by atoms with Crippen LogP contribution in [0.5, 0.6) is 5.75 Å². The summed E-state index contributed by atoms with van der Waals surface area (Å²) < 4.78 is 11.5. The molecule has 2 heteroatoms. The molecule has 158 valence electrons. The Bertz CT molecular complexity index is 1230. The SMILES string of the molecule is Cc1cc(C2(c3ccccc3)c3ccccc3-c3ccccc32)cc(C)c1OCC1CO1. The van der Waals surface area contributed by atoms with Gasteiger partial charge in [-0.25, -0.2) is 0 Å². The maximum Gasteiger partial charge on any atom is 0.125 e. The van der Waals surface area contributed by atoms with E-state index in [1.807, 2.05) is 0 Å². The van der Waals surface area contributed by atoms with Crippen molar-refractivity contribution in [1.82, 2.24) is 0 Å². The Kier molecular flexibility index (Phi) is 4.44. The van der Waals surface area contributed by atoms with Crippen LogP contribution in [0, 0.1) is 13.8 Å². The summed E-state index contributed by atoms with van der Waals surface area (Å²) in [7, 11) is 0. The molecule has 2 aliphatic rings. The highest BCUT2D eigenvalue weighted by atomic mass is 16.6. The topological polar surface area (TPSA) is 21.8 Å². The molecule has 4 aromatic carbocycles. The van der Waals surface area contributed by atoms with Gasteiger partial charge in [-0.2, -0.15) is 0 Å². The molecule has 1 aliphatic carbocycles. The fourth-order valence-corrected chi connectivity index (χ4v) is 5.45. The molecule has 1 aliphatic heterocycles. The van der Waals surface area contributed by atoms with Gasteiger partial charge in [0.1, 0.15) is 18.5 Å². The van der Waals surface area contributed by atoms with Crippen LogP contribution in [0.25, 0.3) is 11.1 Å². The molecule has 1 fully saturated rings. The summed E-state index contributed by atoms with van der Waals surface area (Å²) in [5, 5.41) is 0. The Balaban J connectivity index is 1.63. The van der Waals surface area contributed by atoms with Crippen molar-refractivity contribution >= 4 is 0 Å². The van der Waals surface area contributed by atoms with E-state index in [1.165, 1.54) is 33.4 Å². The third-order valence-electron chi connectivity index (χ3n) is 6.87. The van der Waals surface area contributed by atoms with Gasteiger partial charge in [-0.15, -0.1) is 0 Å². The number of epoxide rings is 1. The van der Waals surface area contributed by atoms with Gasteiger partial charge in [0.2, 0.25) is 0 Å². The predicted octanol–water partition coefficient (Wildman–Crippen LogP) is 6.44. The van der Waals surface area contributed by atoms with Crippen molar-refractivity contribution in [2.45, 2.75) is 25.4 Å². The van der Waals surface area contributed by atoms with Crippen LogP contribution in [-0.2, 0) is 10.2 Å². The molecule has 6 rings (SSSR count). The van der Waals surface area contributed by atoms with Crippen LogP contribution >= 0.6 is 0 Å². The highest BCUT2D eigenvalue weighted by Crippen LogP contribution is 2.56. The molecule has 0 spiro atoms. The largest absolute Gasteiger partial charge is 0.490 e. The van der Waals surface area contributed by atoms with Crippen molar-refractivity contribution < 1.29 is 9.47 Å². The fourth-order valence-electron chi connectivity index (χ4n) is 5.45. The van der Waals surface area contributed by atoms with Crippen LogP contribution in [0.3, 0.4) is 0 Å². The minimum atomic E-state index is -0.359. The number of hydrogen-bond acceptors (Lipinski definition) is 2. The first-order valence-corrected chi connectivity index (χ1v) is 11.3. The zero-order chi connectivity index (χ0) is 21.7. The highest BCUT2D eigenvalue weighted by Gasteiger charge is 2.46. The molecule has 0 amide bonds. The average Bonchev–Trinajstić information content (AvgIpc) is 3.60. The van der Waals surface area contributed by atoms with Gasteiger partial charge in [0.25, 0.3) is 0 Å². The number of ether oxygens (including phenoxy) is 2. The zero-order valence-corrected chi connectivity index (χ0v) is 18.5. The summed E-state index contributed by atoms with van der Waals surface area (Å²) in [6.07, 6.45) is 0.248. The number of aryl methyl sites for hydroxylation is 2. The molecule has 0 bridgehead atoms. The maximum absolute atomic E-state index is 6.16. The number of benzene rings is 4. The molecule has 1 unspecified atom stereocenters. The van der Waals surface area contributed by atoms with Crippen LogP contribution in [0.2, 0.25) is 0 Å². The lowest BCUT2D eigenvalue weighted by Gasteiger charge is -2.34. The summed E-state index contributed by atoms with van der Waals surface area (Å²) in [6, 6.07) is 33.3. The first kappa shape index (κ1) is 19.3. The van der Waals surface area contributed by atoms with Gasteiger partial charge in [-0.3, -0.25) is 0 Å². The summed E-state index contributed by atoms with van der Waals surface area (Å²) in [6.45, 7) is 5.74. The van der Waals surface area contributed by atoms with E-state index in [2.05, 4.69) is 105 Å². The quantitative estimate of drug-likeness (QED) is 0.306. The molecule has 2 nitrogen and oxygen atoms in total. The minimum absolute atomic E-state index is 0.248. The van der Waals surface area contributed by atoms with Crippen LogP contribution < -0.4 is 4.74 Å². The molecule has 1 atom stereocenters. The normalized spacial score (nSPS) is 17.5. The third-order valence-corrected chi connectivity index (χ3v) is 6.87. The van der Waals surface area contributed by atoms with Gasteiger partial charge in [0.15, 0.2) is 0 Å². The van der Waals surface area contributed by atoms with E-state index >= 15 is 0 Å². The van der Waals surface area contributed by atoms with Crippen molar-refractivity contribution in [2.75, 3.05) is 13.2 Å². The minimum Gasteiger partial charge on any atom is -0.490 e. The van der Waals surface area contributed by atoms with Crippen molar-refractivity contribution in [2.24, 2.45) is 0 Å². The first-order chi connectivity index (χ1) is 15.7. The summed E-state index contributed by atoms with van der Waals surface area (Å²) in [5.41, 5.74) is 9.85. The maximum atomic E-state index is 6.16. The lowest BCUT2D eigenvalue weighted by atomic mass is 9.67. The monoisotopic (exact) mass is 418 g/mol. The van der Waals surface area contributed by atoms with Gasteiger partial charge < -0.3 is 9.47 Å². The van der Waals surface area contributed by atoms with E-state index in [9.17, 15) is 0 Å². The summed E-state index contributed by atoms with van der Waals surface area (Å²) in [5.74, 6) is 0.979. The van der Waals surface area contributed by atoms with Gasteiger partial charge in [-0.1, -0.05) is 91.0 Å². The average molecular weight is 419 g/mol. The molecule has 0 N–H and O–H groups in total. The van der Waals surface area contributed by atoms with Crippen molar-refractivity contribution in [1.29, 1.82) is 0 Å². The number of rotatable bonds is 5. The van der Waals surface area contributed by atoms with E-state index in [0.717, 1.165) is 23.5 Å². The Morgan fingerprint density at radius 3 is 1.84 bits per heavy atom. The molecule has 0 saturated carbocycles. The lowest BCUT2D eigenvalue weighted by Crippen LogP contribution is -2.29. The number of hydrogen-bond donors (Lipinski definition) is 0. The zero-order valence-electron chi connectivity index (χ0n) is 18.5. The van der Waals surface area contributed by atoms with E-state index in [4.69, 9.17) is 9.47 Å². The Morgan fingerprint density at radius 1 is 0.750 bits per heavy atom. The van der Waals surface area contributed by atoms with Gasteiger partial charge in [0.05, 0.1) is 12.0 Å². The molecule has 1 heterocycles. The van der Waals surface area contributed by atoms with Crippen LogP contribution in [0.1, 0.15) is 33.4 Å². The first-order valence-electron chi connectivity index (χ1n) is 11.3. The van der Waals surface area contributed by atoms with Crippen molar-refractivity contribution in [3.8, 4) is 16.9 Å². The summed E-state index contributed by atoms with van der Waals surface area (Å²) >= 11 is 0. The number of fused-ring (bicyclic) bond motifs is 3. The smallest absolute Gasteiger partial charge is 0.125 e. The predicted molar refractivity (Wildman–Crippen MR) is 128 cm³/mol. The Hall–Kier alpha value is -3.36. The fraction of sp³-hybridized carbons (Fsp3) is 0.200. The van der Waals surface area contributed by atoms with Crippen molar-refractivity contribution in [3.63, 3.8) is 0 Å². The highest BCUT2D eigenvalue weighted by molar-refractivity contribution is 5.86. The van der Waals surface area contributed by atoms with Crippen molar-refractivity contribution in [3.05, 3.63) is 124 Å². The van der Waals surface area contributed by atoms with E-state index in [-0.39, 0.29) is 11.5 Å². The van der Waals surface area contributed by atoms with Gasteiger partial charge >= 0.3 is 0 Å². The second-order valence-electron chi connectivity index (χ2n) is 8.91. The molecular weight excluding hydrogens is 392 g/mol. The van der Waals surface area contributed by atoms with Gasteiger partial charge in [0, 0.05) is 0 Å². The second kappa shape index (κ2) is 7.36. The molecule has 1 saturated heterocycles. The van der Waals surface area contributed by atoms with Crippen LogP contribution in [-0.4, -0.2) is 19.3 Å².